The highest BCUT2D eigenvalue weighted by Gasteiger charge is 2.20. The van der Waals surface area contributed by atoms with Gasteiger partial charge in [0.2, 0.25) is 0 Å². The summed E-state index contributed by atoms with van der Waals surface area (Å²) >= 11 is 5.98. The monoisotopic (exact) mass is 284 g/mol. The van der Waals surface area contributed by atoms with E-state index in [0.717, 1.165) is 0 Å². The molecule has 4 nitrogen and oxygen atoms in total. The van der Waals surface area contributed by atoms with E-state index in [4.69, 9.17) is 16.3 Å². The van der Waals surface area contributed by atoms with E-state index in [1.54, 1.807) is 13.0 Å². The molecule has 0 aromatic heterocycles. The van der Waals surface area contributed by atoms with Crippen molar-refractivity contribution >= 4 is 23.4 Å². The van der Waals surface area contributed by atoms with Crippen LogP contribution in [0.5, 0.6) is 5.75 Å². The van der Waals surface area contributed by atoms with Gasteiger partial charge in [0.15, 0.2) is 0 Å². The largest absolute Gasteiger partial charge is 0.493 e. The van der Waals surface area contributed by atoms with Crippen molar-refractivity contribution in [3.05, 3.63) is 28.8 Å². The molecule has 19 heavy (non-hydrogen) atoms. The van der Waals surface area contributed by atoms with Crippen molar-refractivity contribution in [3.8, 4) is 5.75 Å². The summed E-state index contributed by atoms with van der Waals surface area (Å²) in [4.78, 5) is 23.1. The number of benzene rings is 1. The van der Waals surface area contributed by atoms with Crippen molar-refractivity contribution in [2.24, 2.45) is 5.92 Å². The van der Waals surface area contributed by atoms with Gasteiger partial charge in [0.05, 0.1) is 18.2 Å². The minimum Gasteiger partial charge on any atom is -0.493 e. The SMILES string of the molecule is CCOC(=O)C(=O)c1ccc(OCC(C)C)cc1Cl. The number of carbonyl (C=O) groups is 2. The molecule has 0 amide bonds. The number of Topliss-reactive ketones (excluding diaryl/α,β-unsaturated/α-hetero) is 1. The fraction of sp³-hybridized carbons (Fsp3) is 0.429. The third kappa shape index (κ3) is 4.56. The van der Waals surface area contributed by atoms with Crippen LogP contribution in [-0.4, -0.2) is 25.0 Å². The maximum absolute atomic E-state index is 11.7. The van der Waals surface area contributed by atoms with Crippen molar-refractivity contribution < 1.29 is 19.1 Å². The quantitative estimate of drug-likeness (QED) is 0.457. The maximum atomic E-state index is 11.7. The standard InChI is InChI=1S/C14H17ClO4/c1-4-18-14(17)13(16)11-6-5-10(7-12(11)15)19-8-9(2)3/h5-7,9H,4,8H2,1-3H3. The summed E-state index contributed by atoms with van der Waals surface area (Å²) in [6.45, 7) is 6.40. The lowest BCUT2D eigenvalue weighted by molar-refractivity contribution is -0.137. The van der Waals surface area contributed by atoms with E-state index in [1.807, 2.05) is 13.8 Å². The molecule has 0 aliphatic heterocycles. The first-order valence-corrected chi connectivity index (χ1v) is 6.47. The number of carbonyl (C=O) groups excluding carboxylic acids is 2. The fourth-order valence-electron chi connectivity index (χ4n) is 1.34. The Morgan fingerprint density at radius 3 is 2.53 bits per heavy atom. The number of hydrogen-bond acceptors (Lipinski definition) is 4. The molecule has 0 aliphatic rings. The van der Waals surface area contributed by atoms with Gasteiger partial charge in [-0.15, -0.1) is 0 Å². The Labute approximate surface area is 117 Å². The van der Waals surface area contributed by atoms with E-state index in [0.29, 0.717) is 18.3 Å². The third-order valence-electron chi connectivity index (χ3n) is 2.23. The lowest BCUT2D eigenvalue weighted by Gasteiger charge is -2.10. The normalized spacial score (nSPS) is 10.4. The molecule has 1 aromatic rings. The first kappa shape index (κ1) is 15.5. The van der Waals surface area contributed by atoms with Crippen LogP contribution >= 0.6 is 11.6 Å². The number of halogens is 1. The van der Waals surface area contributed by atoms with Crippen LogP contribution in [0.1, 0.15) is 31.1 Å². The average molecular weight is 285 g/mol. The summed E-state index contributed by atoms with van der Waals surface area (Å²) in [5, 5.41) is 0.180. The van der Waals surface area contributed by atoms with Gasteiger partial charge in [-0.05, 0) is 31.0 Å². The molecular formula is C14H17ClO4. The third-order valence-corrected chi connectivity index (χ3v) is 2.54. The zero-order valence-electron chi connectivity index (χ0n) is 11.2. The van der Waals surface area contributed by atoms with Gasteiger partial charge in [-0.2, -0.15) is 0 Å². The molecule has 5 heteroatoms. The van der Waals surface area contributed by atoms with Gasteiger partial charge in [0, 0.05) is 5.56 Å². The highest BCUT2D eigenvalue weighted by molar-refractivity contribution is 6.45. The molecule has 0 saturated carbocycles. The summed E-state index contributed by atoms with van der Waals surface area (Å²) in [7, 11) is 0. The minimum atomic E-state index is -0.903. The van der Waals surface area contributed by atoms with Gasteiger partial charge < -0.3 is 9.47 Å². The highest BCUT2D eigenvalue weighted by Crippen LogP contribution is 2.23. The van der Waals surface area contributed by atoms with E-state index >= 15 is 0 Å². The topological polar surface area (TPSA) is 52.6 Å². The molecule has 0 unspecified atom stereocenters. The van der Waals surface area contributed by atoms with Gasteiger partial charge >= 0.3 is 5.97 Å². The molecule has 104 valence electrons. The minimum absolute atomic E-state index is 0.122. The molecule has 1 aromatic carbocycles. The molecule has 0 spiro atoms. The number of ether oxygens (including phenoxy) is 2. The van der Waals surface area contributed by atoms with Crippen LogP contribution in [0.25, 0.3) is 0 Å². The van der Waals surface area contributed by atoms with E-state index in [9.17, 15) is 9.59 Å². The lowest BCUT2D eigenvalue weighted by atomic mass is 10.1. The smallest absolute Gasteiger partial charge is 0.379 e. The van der Waals surface area contributed by atoms with Crippen LogP contribution in [0, 0.1) is 5.92 Å². The van der Waals surface area contributed by atoms with Crippen molar-refractivity contribution in [2.75, 3.05) is 13.2 Å². The molecule has 0 bridgehead atoms. The zero-order chi connectivity index (χ0) is 14.4. The second kappa shape index (κ2) is 7.14. The number of hydrogen-bond donors (Lipinski definition) is 0. The molecule has 1 rings (SSSR count). The van der Waals surface area contributed by atoms with Crippen molar-refractivity contribution in [1.82, 2.24) is 0 Å². The molecule has 0 saturated heterocycles. The van der Waals surface area contributed by atoms with Crippen LogP contribution in [0.2, 0.25) is 5.02 Å². The maximum Gasteiger partial charge on any atom is 0.379 e. The van der Waals surface area contributed by atoms with Crippen LogP contribution in [0.15, 0.2) is 18.2 Å². The number of ketones is 1. The predicted octanol–water partition coefficient (Wildman–Crippen LogP) is 3.12. The zero-order valence-corrected chi connectivity index (χ0v) is 12.0. The van der Waals surface area contributed by atoms with Crippen LogP contribution in [-0.2, 0) is 9.53 Å². The van der Waals surface area contributed by atoms with Crippen LogP contribution in [0.3, 0.4) is 0 Å². The predicted molar refractivity (Wildman–Crippen MR) is 72.7 cm³/mol. The summed E-state index contributed by atoms with van der Waals surface area (Å²) < 4.78 is 10.1. The van der Waals surface area contributed by atoms with Crippen LogP contribution < -0.4 is 4.74 Å². The van der Waals surface area contributed by atoms with E-state index in [1.165, 1.54) is 12.1 Å². The average Bonchev–Trinajstić information content (AvgIpc) is 2.36. The molecule has 0 heterocycles. The Bertz CT molecular complexity index is 469. The van der Waals surface area contributed by atoms with Crippen molar-refractivity contribution in [1.29, 1.82) is 0 Å². The molecule has 0 N–H and O–H groups in total. The Kier molecular flexibility index (Phi) is 5.83. The van der Waals surface area contributed by atoms with Crippen molar-refractivity contribution in [3.63, 3.8) is 0 Å². The Morgan fingerprint density at radius 1 is 1.32 bits per heavy atom. The molecular weight excluding hydrogens is 268 g/mol. The summed E-state index contributed by atoms with van der Waals surface area (Å²) in [6.07, 6.45) is 0. The molecule has 0 aliphatic carbocycles. The van der Waals surface area contributed by atoms with E-state index in [2.05, 4.69) is 4.74 Å². The molecule has 0 radical (unpaired) electrons. The van der Waals surface area contributed by atoms with E-state index < -0.39 is 11.8 Å². The van der Waals surface area contributed by atoms with Gasteiger partial charge in [-0.3, -0.25) is 4.79 Å². The van der Waals surface area contributed by atoms with Crippen molar-refractivity contribution in [2.45, 2.75) is 20.8 Å². The number of rotatable bonds is 6. The Balaban J connectivity index is 2.82. The fourth-order valence-corrected chi connectivity index (χ4v) is 1.60. The van der Waals surface area contributed by atoms with Gasteiger partial charge in [0.1, 0.15) is 5.75 Å². The van der Waals surface area contributed by atoms with Gasteiger partial charge in [-0.25, -0.2) is 4.79 Å². The first-order valence-electron chi connectivity index (χ1n) is 6.09. The first-order chi connectivity index (χ1) is 8.95. The van der Waals surface area contributed by atoms with Gasteiger partial charge in [0.25, 0.3) is 5.78 Å². The van der Waals surface area contributed by atoms with Gasteiger partial charge in [-0.1, -0.05) is 25.4 Å². The summed E-state index contributed by atoms with van der Waals surface area (Å²) in [5.41, 5.74) is 0.122. The Morgan fingerprint density at radius 2 is 2.00 bits per heavy atom. The Hall–Kier alpha value is -1.55. The number of esters is 1. The second-order valence-corrected chi connectivity index (χ2v) is 4.80. The summed E-state index contributed by atoms with van der Waals surface area (Å²) in [5.74, 6) is -0.693. The molecule has 0 atom stereocenters. The second-order valence-electron chi connectivity index (χ2n) is 4.40. The van der Waals surface area contributed by atoms with Crippen LogP contribution in [0.4, 0.5) is 0 Å². The molecule has 0 fully saturated rings. The summed E-state index contributed by atoms with van der Waals surface area (Å²) in [6, 6.07) is 4.61. The lowest BCUT2D eigenvalue weighted by Crippen LogP contribution is -2.18. The van der Waals surface area contributed by atoms with E-state index in [-0.39, 0.29) is 17.2 Å². The highest BCUT2D eigenvalue weighted by atomic mass is 35.5.